The van der Waals surface area contributed by atoms with Crippen molar-refractivity contribution >= 4 is 0 Å². The summed E-state index contributed by atoms with van der Waals surface area (Å²) >= 11 is 0. The van der Waals surface area contributed by atoms with Gasteiger partial charge in [-0.3, -0.25) is 0 Å². The van der Waals surface area contributed by atoms with Gasteiger partial charge in [0.15, 0.2) is 0 Å². The highest BCUT2D eigenvalue weighted by Crippen LogP contribution is 2.28. The first kappa shape index (κ1) is 12.4. The van der Waals surface area contributed by atoms with Crippen molar-refractivity contribution in [1.82, 2.24) is 5.32 Å². The Morgan fingerprint density at radius 3 is 2.82 bits per heavy atom. The fourth-order valence-electron chi connectivity index (χ4n) is 2.16. The van der Waals surface area contributed by atoms with Crippen molar-refractivity contribution in [1.29, 1.82) is 0 Å². The minimum Gasteiger partial charge on any atom is -0.496 e. The molecule has 1 aliphatic rings. The molecule has 1 aliphatic heterocycles. The maximum absolute atomic E-state index is 5.74. The fourth-order valence-corrected chi connectivity index (χ4v) is 2.16. The van der Waals surface area contributed by atoms with E-state index >= 15 is 0 Å². The quantitative estimate of drug-likeness (QED) is 0.858. The van der Waals surface area contributed by atoms with Crippen molar-refractivity contribution in [2.45, 2.75) is 12.1 Å². The number of nitrogens with one attached hydrogen (secondary N) is 1. The topological polar surface area (TPSA) is 39.7 Å². The highest BCUT2D eigenvalue weighted by atomic mass is 16.6. The molecule has 0 aliphatic carbocycles. The number of likely N-dealkylation sites (N-methyl/N-ethyl adjacent to an activating group) is 1. The second-order valence-electron chi connectivity index (χ2n) is 3.99. The van der Waals surface area contributed by atoms with Crippen LogP contribution in [0.3, 0.4) is 0 Å². The second kappa shape index (κ2) is 6.00. The SMILES string of the molecule is CNC(c1ccccc1OC)C1COCCO1. The van der Waals surface area contributed by atoms with Gasteiger partial charge in [-0.2, -0.15) is 0 Å². The number of hydrogen-bond donors (Lipinski definition) is 1. The molecule has 0 aromatic heterocycles. The van der Waals surface area contributed by atoms with E-state index in [4.69, 9.17) is 14.2 Å². The first-order valence-corrected chi connectivity index (χ1v) is 5.86. The van der Waals surface area contributed by atoms with E-state index in [-0.39, 0.29) is 12.1 Å². The van der Waals surface area contributed by atoms with Crippen LogP contribution in [0.1, 0.15) is 11.6 Å². The Hall–Kier alpha value is -1.10. The molecule has 0 saturated carbocycles. The molecule has 17 heavy (non-hydrogen) atoms. The Balaban J connectivity index is 2.21. The van der Waals surface area contributed by atoms with Gasteiger partial charge in [0.05, 0.1) is 33.0 Å². The zero-order valence-corrected chi connectivity index (χ0v) is 10.3. The molecule has 1 heterocycles. The van der Waals surface area contributed by atoms with Crippen LogP contribution in [-0.4, -0.2) is 40.1 Å². The minimum atomic E-state index is 0.0325. The molecule has 1 saturated heterocycles. The Morgan fingerprint density at radius 2 is 2.18 bits per heavy atom. The Bertz CT molecular complexity index is 350. The average molecular weight is 237 g/mol. The molecule has 1 fully saturated rings. The molecule has 2 atom stereocenters. The first-order valence-electron chi connectivity index (χ1n) is 5.86. The average Bonchev–Trinajstić information content (AvgIpc) is 2.41. The number of benzene rings is 1. The van der Waals surface area contributed by atoms with Crippen molar-refractivity contribution in [3.63, 3.8) is 0 Å². The summed E-state index contributed by atoms with van der Waals surface area (Å²) in [6, 6.07) is 8.08. The smallest absolute Gasteiger partial charge is 0.123 e. The zero-order valence-electron chi connectivity index (χ0n) is 10.3. The summed E-state index contributed by atoms with van der Waals surface area (Å²) in [5.41, 5.74) is 1.10. The van der Waals surface area contributed by atoms with Gasteiger partial charge in [-0.05, 0) is 13.1 Å². The van der Waals surface area contributed by atoms with Crippen LogP contribution in [0.2, 0.25) is 0 Å². The van der Waals surface area contributed by atoms with Crippen molar-refractivity contribution in [2.24, 2.45) is 0 Å². The number of hydrogen-bond acceptors (Lipinski definition) is 4. The normalized spacial score (nSPS) is 22.1. The molecule has 4 heteroatoms. The van der Waals surface area contributed by atoms with Crippen molar-refractivity contribution in [3.8, 4) is 5.75 Å². The molecule has 1 aromatic carbocycles. The van der Waals surface area contributed by atoms with E-state index in [1.165, 1.54) is 0 Å². The highest BCUT2D eigenvalue weighted by Gasteiger charge is 2.27. The lowest BCUT2D eigenvalue weighted by molar-refractivity contribution is -0.101. The summed E-state index contributed by atoms with van der Waals surface area (Å²) in [5.74, 6) is 0.876. The van der Waals surface area contributed by atoms with Gasteiger partial charge in [0.2, 0.25) is 0 Å². The van der Waals surface area contributed by atoms with Gasteiger partial charge in [-0.1, -0.05) is 18.2 Å². The molecule has 1 N–H and O–H groups in total. The molecular formula is C13H19NO3. The third-order valence-electron chi connectivity index (χ3n) is 3.00. The summed E-state index contributed by atoms with van der Waals surface area (Å²) in [6.45, 7) is 1.94. The Labute approximate surface area is 102 Å². The number of para-hydroxylation sites is 1. The number of methoxy groups -OCH3 is 1. The summed E-state index contributed by atoms with van der Waals surface area (Å²) < 4.78 is 16.6. The van der Waals surface area contributed by atoms with Gasteiger partial charge in [-0.25, -0.2) is 0 Å². The fraction of sp³-hybridized carbons (Fsp3) is 0.538. The third kappa shape index (κ3) is 2.77. The lowest BCUT2D eigenvalue weighted by atomic mass is 10.0. The molecule has 0 spiro atoms. The molecule has 1 aromatic rings. The van der Waals surface area contributed by atoms with E-state index in [0.717, 1.165) is 11.3 Å². The monoisotopic (exact) mass is 237 g/mol. The summed E-state index contributed by atoms with van der Waals surface area (Å²) in [6.07, 6.45) is 0.0325. The van der Waals surface area contributed by atoms with Crippen LogP contribution in [0.15, 0.2) is 24.3 Å². The van der Waals surface area contributed by atoms with Crippen LogP contribution < -0.4 is 10.1 Å². The molecule has 2 unspecified atom stereocenters. The predicted molar refractivity (Wildman–Crippen MR) is 65.4 cm³/mol. The largest absolute Gasteiger partial charge is 0.496 e. The van der Waals surface area contributed by atoms with Crippen molar-refractivity contribution in [3.05, 3.63) is 29.8 Å². The summed E-state index contributed by atoms with van der Waals surface area (Å²) in [4.78, 5) is 0. The van der Waals surface area contributed by atoms with Gasteiger partial charge >= 0.3 is 0 Å². The maximum atomic E-state index is 5.74. The second-order valence-corrected chi connectivity index (χ2v) is 3.99. The zero-order chi connectivity index (χ0) is 12.1. The van der Waals surface area contributed by atoms with E-state index in [0.29, 0.717) is 19.8 Å². The molecular weight excluding hydrogens is 218 g/mol. The molecule has 0 amide bonds. The summed E-state index contributed by atoms with van der Waals surface area (Å²) in [7, 11) is 3.61. The Morgan fingerprint density at radius 1 is 1.35 bits per heavy atom. The third-order valence-corrected chi connectivity index (χ3v) is 3.00. The lowest BCUT2D eigenvalue weighted by Crippen LogP contribution is -2.39. The molecule has 2 rings (SSSR count). The molecule has 94 valence electrons. The van der Waals surface area contributed by atoms with Crippen LogP contribution in [0.25, 0.3) is 0 Å². The van der Waals surface area contributed by atoms with Crippen LogP contribution >= 0.6 is 0 Å². The summed E-state index contributed by atoms with van der Waals surface area (Å²) in [5, 5.41) is 3.28. The first-order chi connectivity index (χ1) is 8.36. The van der Waals surface area contributed by atoms with E-state index in [1.807, 2.05) is 25.2 Å². The molecule has 4 nitrogen and oxygen atoms in total. The maximum Gasteiger partial charge on any atom is 0.123 e. The Kier molecular flexibility index (Phi) is 4.36. The van der Waals surface area contributed by atoms with E-state index in [9.17, 15) is 0 Å². The molecule has 0 bridgehead atoms. The highest BCUT2D eigenvalue weighted by molar-refractivity contribution is 5.36. The van der Waals surface area contributed by atoms with Gasteiger partial charge in [0.1, 0.15) is 11.9 Å². The van der Waals surface area contributed by atoms with Gasteiger partial charge < -0.3 is 19.5 Å². The lowest BCUT2D eigenvalue weighted by Gasteiger charge is -2.31. The van der Waals surface area contributed by atoms with Crippen molar-refractivity contribution in [2.75, 3.05) is 34.0 Å². The number of ether oxygens (including phenoxy) is 3. The van der Waals surface area contributed by atoms with Crippen LogP contribution in [0.5, 0.6) is 5.75 Å². The van der Waals surface area contributed by atoms with Gasteiger partial charge in [0.25, 0.3) is 0 Å². The van der Waals surface area contributed by atoms with E-state index in [2.05, 4.69) is 11.4 Å². The van der Waals surface area contributed by atoms with Gasteiger partial charge in [0, 0.05) is 5.56 Å². The molecule has 0 radical (unpaired) electrons. The predicted octanol–water partition coefficient (Wildman–Crippen LogP) is 1.37. The minimum absolute atomic E-state index is 0.0325. The van der Waals surface area contributed by atoms with E-state index in [1.54, 1.807) is 7.11 Å². The van der Waals surface area contributed by atoms with E-state index < -0.39 is 0 Å². The van der Waals surface area contributed by atoms with Crippen molar-refractivity contribution < 1.29 is 14.2 Å². The van der Waals surface area contributed by atoms with Crippen LogP contribution in [0, 0.1) is 0 Å². The van der Waals surface area contributed by atoms with Crippen LogP contribution in [0.4, 0.5) is 0 Å². The standard InChI is InChI=1S/C13H19NO3/c1-14-13(12-9-16-7-8-17-12)10-5-3-4-6-11(10)15-2/h3-6,12-14H,7-9H2,1-2H3. The van der Waals surface area contributed by atoms with Gasteiger partial charge in [-0.15, -0.1) is 0 Å². The van der Waals surface area contributed by atoms with Crippen LogP contribution in [-0.2, 0) is 9.47 Å². The number of rotatable bonds is 4.